The monoisotopic (exact) mass is 180 g/mol. The minimum atomic E-state index is 0.0488. The van der Waals surface area contributed by atoms with E-state index in [1.807, 2.05) is 19.1 Å². The Labute approximate surface area is 77.2 Å². The van der Waals surface area contributed by atoms with E-state index >= 15 is 0 Å². The highest BCUT2D eigenvalue weighted by Crippen LogP contribution is 2.21. The predicted molar refractivity (Wildman–Crippen MR) is 52.6 cm³/mol. The standard InChI is InChI=1S/C10H12OS/c1-8-3-5-10(6-4-8)12-9(2)7-11/h3-7,9H,1-2H3/t9-/m1/s1. The van der Waals surface area contributed by atoms with Crippen molar-refractivity contribution in [1.82, 2.24) is 0 Å². The average Bonchev–Trinajstić information content (AvgIpc) is 2.09. The lowest BCUT2D eigenvalue weighted by atomic mass is 10.2. The zero-order valence-electron chi connectivity index (χ0n) is 7.28. The van der Waals surface area contributed by atoms with Crippen molar-refractivity contribution >= 4 is 18.0 Å². The maximum atomic E-state index is 10.4. The Balaban J connectivity index is 2.64. The first-order valence-electron chi connectivity index (χ1n) is 3.91. The summed E-state index contributed by atoms with van der Waals surface area (Å²) in [4.78, 5) is 11.5. The van der Waals surface area contributed by atoms with Crippen LogP contribution in [0.1, 0.15) is 12.5 Å². The van der Waals surface area contributed by atoms with Crippen LogP contribution in [0, 0.1) is 6.92 Å². The first-order valence-corrected chi connectivity index (χ1v) is 4.79. The number of hydrogen-bond acceptors (Lipinski definition) is 2. The van der Waals surface area contributed by atoms with Gasteiger partial charge in [-0.2, -0.15) is 0 Å². The molecule has 0 heterocycles. The Morgan fingerprint density at radius 1 is 1.33 bits per heavy atom. The Kier molecular flexibility index (Phi) is 3.35. The van der Waals surface area contributed by atoms with Crippen LogP contribution in [-0.4, -0.2) is 11.5 Å². The van der Waals surface area contributed by atoms with E-state index in [1.165, 1.54) is 5.56 Å². The van der Waals surface area contributed by atoms with Gasteiger partial charge >= 0.3 is 0 Å². The van der Waals surface area contributed by atoms with E-state index in [9.17, 15) is 4.79 Å². The molecule has 0 N–H and O–H groups in total. The zero-order chi connectivity index (χ0) is 8.97. The van der Waals surface area contributed by atoms with E-state index in [0.29, 0.717) is 0 Å². The Morgan fingerprint density at radius 3 is 2.42 bits per heavy atom. The molecule has 0 aliphatic carbocycles. The number of aryl methyl sites for hydroxylation is 1. The Bertz CT molecular complexity index is 253. The van der Waals surface area contributed by atoms with Gasteiger partial charge in [-0.15, -0.1) is 11.8 Å². The number of rotatable bonds is 3. The van der Waals surface area contributed by atoms with Gasteiger partial charge in [0.1, 0.15) is 6.29 Å². The number of hydrogen-bond donors (Lipinski definition) is 0. The zero-order valence-corrected chi connectivity index (χ0v) is 8.10. The van der Waals surface area contributed by atoms with E-state index in [-0.39, 0.29) is 5.25 Å². The van der Waals surface area contributed by atoms with Gasteiger partial charge in [0.15, 0.2) is 0 Å². The molecule has 0 spiro atoms. The molecule has 0 aliphatic heterocycles. The van der Waals surface area contributed by atoms with Gasteiger partial charge in [0.05, 0.1) is 5.25 Å². The summed E-state index contributed by atoms with van der Waals surface area (Å²) < 4.78 is 0. The third kappa shape index (κ3) is 2.70. The molecule has 2 heteroatoms. The minimum absolute atomic E-state index is 0.0488. The summed E-state index contributed by atoms with van der Waals surface area (Å²) >= 11 is 1.58. The van der Waals surface area contributed by atoms with Crippen LogP contribution in [0.15, 0.2) is 29.2 Å². The molecule has 1 aromatic rings. The molecule has 64 valence electrons. The maximum Gasteiger partial charge on any atom is 0.133 e. The molecule has 0 unspecified atom stereocenters. The molecular weight excluding hydrogens is 168 g/mol. The van der Waals surface area contributed by atoms with E-state index in [1.54, 1.807) is 11.8 Å². The SMILES string of the molecule is Cc1ccc(S[C@H](C)C=O)cc1. The smallest absolute Gasteiger partial charge is 0.133 e. The third-order valence-corrected chi connectivity index (χ3v) is 2.56. The van der Waals surface area contributed by atoms with Crippen LogP contribution in [0.3, 0.4) is 0 Å². The molecule has 0 aromatic heterocycles. The van der Waals surface area contributed by atoms with Gasteiger partial charge in [0.25, 0.3) is 0 Å². The third-order valence-electron chi connectivity index (χ3n) is 1.53. The van der Waals surface area contributed by atoms with Crippen molar-refractivity contribution in [3.05, 3.63) is 29.8 Å². The number of carbonyl (C=O) groups excluding carboxylic acids is 1. The van der Waals surface area contributed by atoms with Gasteiger partial charge in [-0.25, -0.2) is 0 Å². The van der Waals surface area contributed by atoms with Gasteiger partial charge in [0.2, 0.25) is 0 Å². The first-order chi connectivity index (χ1) is 5.72. The summed E-state index contributed by atoms with van der Waals surface area (Å²) in [5.74, 6) is 0. The van der Waals surface area contributed by atoms with Crippen LogP contribution in [-0.2, 0) is 4.79 Å². The summed E-state index contributed by atoms with van der Waals surface area (Å²) in [6.07, 6.45) is 0.963. The second-order valence-corrected chi connectivity index (χ2v) is 4.22. The van der Waals surface area contributed by atoms with Crippen LogP contribution >= 0.6 is 11.8 Å². The second-order valence-electron chi connectivity index (χ2n) is 2.77. The van der Waals surface area contributed by atoms with E-state index in [2.05, 4.69) is 19.1 Å². The Morgan fingerprint density at radius 2 is 1.92 bits per heavy atom. The van der Waals surface area contributed by atoms with Gasteiger partial charge in [0, 0.05) is 4.90 Å². The molecule has 1 rings (SSSR count). The van der Waals surface area contributed by atoms with Gasteiger partial charge in [-0.3, -0.25) is 0 Å². The highest BCUT2D eigenvalue weighted by Gasteiger charge is 2.00. The predicted octanol–water partition coefficient (Wildman–Crippen LogP) is 2.67. The van der Waals surface area contributed by atoms with Crippen LogP contribution in [0.2, 0.25) is 0 Å². The normalized spacial score (nSPS) is 12.5. The summed E-state index contributed by atoms with van der Waals surface area (Å²) in [5.41, 5.74) is 1.25. The van der Waals surface area contributed by atoms with E-state index in [4.69, 9.17) is 0 Å². The molecular formula is C10H12OS. The van der Waals surface area contributed by atoms with Crippen molar-refractivity contribution < 1.29 is 4.79 Å². The molecule has 0 fully saturated rings. The fourth-order valence-corrected chi connectivity index (χ4v) is 1.64. The summed E-state index contributed by atoms with van der Waals surface area (Å²) in [6, 6.07) is 8.19. The number of carbonyl (C=O) groups is 1. The van der Waals surface area contributed by atoms with E-state index in [0.717, 1.165) is 11.2 Å². The molecule has 0 aliphatic rings. The largest absolute Gasteiger partial charge is 0.302 e. The molecule has 0 saturated heterocycles. The summed E-state index contributed by atoms with van der Waals surface area (Å²) in [6.45, 7) is 3.95. The summed E-state index contributed by atoms with van der Waals surface area (Å²) in [7, 11) is 0. The van der Waals surface area contributed by atoms with Crippen LogP contribution < -0.4 is 0 Å². The molecule has 1 atom stereocenters. The average molecular weight is 180 g/mol. The molecule has 0 bridgehead atoms. The van der Waals surface area contributed by atoms with Gasteiger partial charge < -0.3 is 4.79 Å². The van der Waals surface area contributed by atoms with Gasteiger partial charge in [-0.05, 0) is 26.0 Å². The molecule has 0 radical (unpaired) electrons. The van der Waals surface area contributed by atoms with Crippen molar-refractivity contribution in [1.29, 1.82) is 0 Å². The Hall–Kier alpha value is -0.760. The minimum Gasteiger partial charge on any atom is -0.302 e. The van der Waals surface area contributed by atoms with Crippen molar-refractivity contribution in [3.8, 4) is 0 Å². The highest BCUT2D eigenvalue weighted by atomic mass is 32.2. The molecule has 0 amide bonds. The molecule has 0 saturated carbocycles. The topological polar surface area (TPSA) is 17.1 Å². The summed E-state index contributed by atoms with van der Waals surface area (Å²) in [5, 5.41) is 0.0488. The lowest BCUT2D eigenvalue weighted by Gasteiger charge is -2.02. The fourth-order valence-electron chi connectivity index (χ4n) is 0.859. The fraction of sp³-hybridized carbons (Fsp3) is 0.300. The molecule has 12 heavy (non-hydrogen) atoms. The van der Waals surface area contributed by atoms with Crippen molar-refractivity contribution in [2.75, 3.05) is 0 Å². The number of thioether (sulfide) groups is 1. The lowest BCUT2D eigenvalue weighted by Crippen LogP contribution is -1.95. The number of benzene rings is 1. The number of aldehydes is 1. The first kappa shape index (κ1) is 9.33. The van der Waals surface area contributed by atoms with Crippen LogP contribution in [0.25, 0.3) is 0 Å². The quantitative estimate of drug-likeness (QED) is 0.525. The maximum absolute atomic E-state index is 10.4. The lowest BCUT2D eigenvalue weighted by molar-refractivity contribution is -0.107. The van der Waals surface area contributed by atoms with Crippen molar-refractivity contribution in [3.63, 3.8) is 0 Å². The van der Waals surface area contributed by atoms with Crippen molar-refractivity contribution in [2.24, 2.45) is 0 Å². The van der Waals surface area contributed by atoms with Crippen LogP contribution in [0.5, 0.6) is 0 Å². The second kappa shape index (κ2) is 4.31. The van der Waals surface area contributed by atoms with Gasteiger partial charge in [-0.1, -0.05) is 17.7 Å². The molecule has 1 aromatic carbocycles. The highest BCUT2D eigenvalue weighted by molar-refractivity contribution is 8.00. The van der Waals surface area contributed by atoms with E-state index < -0.39 is 0 Å². The van der Waals surface area contributed by atoms with Crippen molar-refractivity contribution in [2.45, 2.75) is 24.0 Å². The van der Waals surface area contributed by atoms with Crippen LogP contribution in [0.4, 0.5) is 0 Å². The molecule has 1 nitrogen and oxygen atoms in total.